The lowest BCUT2D eigenvalue weighted by Crippen LogP contribution is -2.32. The van der Waals surface area contributed by atoms with Crippen LogP contribution >= 0.6 is 0 Å². The number of benzene rings is 1. The van der Waals surface area contributed by atoms with E-state index in [2.05, 4.69) is 23.2 Å². The second-order valence-electron chi connectivity index (χ2n) is 5.77. The maximum Gasteiger partial charge on any atom is 0.127 e. The molecule has 0 amide bonds. The SMILES string of the molecule is CCC1CCN(CC(NC)c2ccc(OC)cc2OC)C1. The molecule has 0 saturated carbocycles. The monoisotopic (exact) mass is 292 g/mol. The molecule has 2 atom stereocenters. The van der Waals surface area contributed by atoms with Crippen LogP contribution in [0.4, 0.5) is 0 Å². The number of methoxy groups -OCH3 is 2. The van der Waals surface area contributed by atoms with Crippen molar-refractivity contribution in [2.45, 2.75) is 25.8 Å². The molecule has 1 aliphatic rings. The molecule has 1 aromatic carbocycles. The Hall–Kier alpha value is -1.26. The van der Waals surface area contributed by atoms with E-state index in [4.69, 9.17) is 9.47 Å². The highest BCUT2D eigenvalue weighted by Crippen LogP contribution is 2.31. The highest BCUT2D eigenvalue weighted by atomic mass is 16.5. The van der Waals surface area contributed by atoms with Crippen molar-refractivity contribution < 1.29 is 9.47 Å². The molecule has 2 unspecified atom stereocenters. The van der Waals surface area contributed by atoms with E-state index >= 15 is 0 Å². The Balaban J connectivity index is 2.10. The van der Waals surface area contributed by atoms with E-state index in [1.165, 1.54) is 31.5 Å². The smallest absolute Gasteiger partial charge is 0.127 e. The van der Waals surface area contributed by atoms with Gasteiger partial charge in [-0.25, -0.2) is 0 Å². The molecule has 1 saturated heterocycles. The zero-order chi connectivity index (χ0) is 15.2. The summed E-state index contributed by atoms with van der Waals surface area (Å²) in [5, 5.41) is 3.43. The van der Waals surface area contributed by atoms with Crippen LogP contribution in [0.3, 0.4) is 0 Å². The molecule has 4 nitrogen and oxygen atoms in total. The lowest BCUT2D eigenvalue weighted by atomic mass is 10.0. The topological polar surface area (TPSA) is 33.7 Å². The molecule has 0 aromatic heterocycles. The average molecular weight is 292 g/mol. The van der Waals surface area contributed by atoms with E-state index in [0.717, 1.165) is 24.0 Å². The lowest BCUT2D eigenvalue weighted by Gasteiger charge is -2.25. The summed E-state index contributed by atoms with van der Waals surface area (Å²) in [5.74, 6) is 2.58. The fourth-order valence-electron chi connectivity index (χ4n) is 3.12. The first-order chi connectivity index (χ1) is 10.2. The minimum atomic E-state index is 0.279. The zero-order valence-corrected chi connectivity index (χ0v) is 13.7. The second-order valence-corrected chi connectivity index (χ2v) is 5.77. The molecule has 21 heavy (non-hydrogen) atoms. The normalized spacial score (nSPS) is 20.5. The molecule has 118 valence electrons. The first-order valence-electron chi connectivity index (χ1n) is 7.83. The Morgan fingerprint density at radius 1 is 1.33 bits per heavy atom. The van der Waals surface area contributed by atoms with Crippen molar-refractivity contribution in [1.29, 1.82) is 0 Å². The first-order valence-corrected chi connectivity index (χ1v) is 7.83. The molecule has 1 N–H and O–H groups in total. The molecule has 1 fully saturated rings. The Morgan fingerprint density at radius 2 is 2.14 bits per heavy atom. The number of nitrogens with one attached hydrogen (secondary N) is 1. The predicted molar refractivity (Wildman–Crippen MR) is 86.2 cm³/mol. The van der Waals surface area contributed by atoms with Crippen molar-refractivity contribution in [1.82, 2.24) is 10.2 Å². The Bertz CT molecular complexity index is 450. The molecule has 1 aliphatic heterocycles. The molecular formula is C17H28N2O2. The molecular weight excluding hydrogens is 264 g/mol. The van der Waals surface area contributed by atoms with E-state index in [-0.39, 0.29) is 6.04 Å². The molecule has 0 aliphatic carbocycles. The van der Waals surface area contributed by atoms with E-state index in [0.29, 0.717) is 0 Å². The van der Waals surface area contributed by atoms with Crippen LogP contribution in [0.25, 0.3) is 0 Å². The molecule has 0 spiro atoms. The van der Waals surface area contributed by atoms with Crippen LogP contribution in [0, 0.1) is 5.92 Å². The van der Waals surface area contributed by atoms with Gasteiger partial charge in [-0.05, 0) is 32.0 Å². The van der Waals surface area contributed by atoms with Gasteiger partial charge in [-0.1, -0.05) is 19.4 Å². The molecule has 2 rings (SSSR count). The van der Waals surface area contributed by atoms with Gasteiger partial charge in [0.25, 0.3) is 0 Å². The highest BCUT2D eigenvalue weighted by molar-refractivity contribution is 5.42. The van der Waals surface area contributed by atoms with Crippen molar-refractivity contribution in [2.24, 2.45) is 5.92 Å². The lowest BCUT2D eigenvalue weighted by molar-refractivity contribution is 0.283. The minimum absolute atomic E-state index is 0.279. The summed E-state index contributed by atoms with van der Waals surface area (Å²) < 4.78 is 10.8. The van der Waals surface area contributed by atoms with Crippen molar-refractivity contribution in [3.8, 4) is 11.5 Å². The van der Waals surface area contributed by atoms with Crippen molar-refractivity contribution >= 4 is 0 Å². The third-order valence-corrected chi connectivity index (χ3v) is 4.55. The van der Waals surface area contributed by atoms with Gasteiger partial charge >= 0.3 is 0 Å². The van der Waals surface area contributed by atoms with Gasteiger partial charge < -0.3 is 19.7 Å². The summed E-state index contributed by atoms with van der Waals surface area (Å²) in [7, 11) is 5.41. The Labute approximate surface area is 128 Å². The van der Waals surface area contributed by atoms with Gasteiger partial charge in [-0.3, -0.25) is 0 Å². The molecule has 1 heterocycles. The van der Waals surface area contributed by atoms with Crippen LogP contribution < -0.4 is 14.8 Å². The van der Waals surface area contributed by atoms with Crippen LogP contribution in [-0.4, -0.2) is 45.8 Å². The summed E-state index contributed by atoms with van der Waals surface area (Å²) in [4.78, 5) is 2.55. The van der Waals surface area contributed by atoms with Crippen molar-refractivity contribution in [3.05, 3.63) is 23.8 Å². The second kappa shape index (κ2) is 7.66. The third kappa shape index (κ3) is 3.89. The van der Waals surface area contributed by atoms with Gasteiger partial charge in [-0.15, -0.1) is 0 Å². The maximum absolute atomic E-state index is 5.54. The zero-order valence-electron chi connectivity index (χ0n) is 13.7. The van der Waals surface area contributed by atoms with Gasteiger partial charge in [0, 0.05) is 30.8 Å². The third-order valence-electron chi connectivity index (χ3n) is 4.55. The van der Waals surface area contributed by atoms with Crippen molar-refractivity contribution in [3.63, 3.8) is 0 Å². The quantitative estimate of drug-likeness (QED) is 0.838. The average Bonchev–Trinajstić information content (AvgIpc) is 2.99. The number of ether oxygens (including phenoxy) is 2. The highest BCUT2D eigenvalue weighted by Gasteiger charge is 2.25. The summed E-state index contributed by atoms with van der Waals surface area (Å²) in [5.41, 5.74) is 1.20. The van der Waals surface area contributed by atoms with Crippen LogP contribution in [0.2, 0.25) is 0 Å². The van der Waals surface area contributed by atoms with E-state index in [9.17, 15) is 0 Å². The van der Waals surface area contributed by atoms with Gasteiger partial charge in [0.1, 0.15) is 11.5 Å². The summed E-state index contributed by atoms with van der Waals surface area (Å²) >= 11 is 0. The largest absolute Gasteiger partial charge is 0.497 e. The van der Waals surface area contributed by atoms with E-state index < -0.39 is 0 Å². The van der Waals surface area contributed by atoms with Gasteiger partial charge in [0.05, 0.1) is 14.2 Å². The van der Waals surface area contributed by atoms with Crippen LogP contribution in [0.5, 0.6) is 11.5 Å². The van der Waals surface area contributed by atoms with Crippen LogP contribution in [0.15, 0.2) is 18.2 Å². The number of likely N-dealkylation sites (tertiary alicyclic amines) is 1. The maximum atomic E-state index is 5.54. The number of hydrogen-bond donors (Lipinski definition) is 1. The molecule has 1 aromatic rings. The summed E-state index contributed by atoms with van der Waals surface area (Å²) in [6.45, 7) is 5.73. The van der Waals surface area contributed by atoms with E-state index in [1.54, 1.807) is 14.2 Å². The van der Waals surface area contributed by atoms with Gasteiger partial charge in [0.2, 0.25) is 0 Å². The number of rotatable bonds is 7. The van der Waals surface area contributed by atoms with E-state index in [1.807, 2.05) is 19.2 Å². The van der Waals surface area contributed by atoms with Crippen LogP contribution in [-0.2, 0) is 0 Å². The van der Waals surface area contributed by atoms with Gasteiger partial charge in [-0.2, -0.15) is 0 Å². The summed E-state index contributed by atoms with van der Waals surface area (Å²) in [6.07, 6.45) is 2.61. The number of nitrogens with zero attached hydrogens (tertiary/aromatic N) is 1. The van der Waals surface area contributed by atoms with Crippen LogP contribution in [0.1, 0.15) is 31.4 Å². The number of hydrogen-bond acceptors (Lipinski definition) is 4. The van der Waals surface area contributed by atoms with Gasteiger partial charge in [0.15, 0.2) is 0 Å². The fourth-order valence-corrected chi connectivity index (χ4v) is 3.12. The minimum Gasteiger partial charge on any atom is -0.497 e. The molecule has 0 bridgehead atoms. The summed E-state index contributed by atoms with van der Waals surface area (Å²) in [6, 6.07) is 6.34. The number of likely N-dealkylation sites (N-methyl/N-ethyl adjacent to an activating group) is 1. The Kier molecular flexibility index (Phi) is 5.88. The first kappa shape index (κ1) is 16.1. The molecule has 0 radical (unpaired) electrons. The standard InChI is InChI=1S/C17H28N2O2/c1-5-13-8-9-19(11-13)12-16(18-2)15-7-6-14(20-3)10-17(15)21-4/h6-7,10,13,16,18H,5,8-9,11-12H2,1-4H3. The molecule has 4 heteroatoms. The Morgan fingerprint density at radius 3 is 2.71 bits per heavy atom. The van der Waals surface area contributed by atoms with Crippen molar-refractivity contribution in [2.75, 3.05) is 40.9 Å². The predicted octanol–water partition coefficient (Wildman–Crippen LogP) is 2.70. The fraction of sp³-hybridized carbons (Fsp3) is 0.647.